The summed E-state index contributed by atoms with van der Waals surface area (Å²) in [5.74, 6) is 0.473. The predicted octanol–water partition coefficient (Wildman–Crippen LogP) is 7.62. The SMILES string of the molecule is CCc1cc(OCC[C@@H](C)Oc2ccc(C(F)(F)F)cc2Oc2ccccc2C)ccc1CCC(=O)O. The van der Waals surface area contributed by atoms with Gasteiger partial charge in [0.1, 0.15) is 11.5 Å². The molecule has 1 atom stereocenters. The fourth-order valence-electron chi connectivity index (χ4n) is 3.78. The molecule has 3 aromatic carbocycles. The third kappa shape index (κ3) is 8.17. The van der Waals surface area contributed by atoms with Crippen molar-refractivity contribution in [2.75, 3.05) is 6.61 Å². The Morgan fingerprint density at radius 3 is 2.41 bits per heavy atom. The summed E-state index contributed by atoms with van der Waals surface area (Å²) in [6, 6.07) is 15.9. The van der Waals surface area contributed by atoms with Crippen LogP contribution in [-0.2, 0) is 23.8 Å². The highest BCUT2D eigenvalue weighted by molar-refractivity contribution is 5.67. The molecule has 0 aliphatic heterocycles. The number of ether oxygens (including phenoxy) is 3. The average molecular weight is 517 g/mol. The van der Waals surface area contributed by atoms with Gasteiger partial charge in [-0.15, -0.1) is 0 Å². The first kappa shape index (κ1) is 27.9. The molecule has 0 radical (unpaired) electrons. The molecular formula is C29H31F3O5. The lowest BCUT2D eigenvalue weighted by atomic mass is 10.0. The second kappa shape index (κ2) is 12.5. The van der Waals surface area contributed by atoms with Crippen molar-refractivity contribution in [3.8, 4) is 23.0 Å². The molecule has 0 unspecified atom stereocenters. The monoisotopic (exact) mass is 516 g/mol. The highest BCUT2D eigenvalue weighted by atomic mass is 19.4. The Morgan fingerprint density at radius 2 is 1.73 bits per heavy atom. The van der Waals surface area contributed by atoms with Crippen LogP contribution in [0.1, 0.15) is 48.9 Å². The molecule has 0 aliphatic rings. The number of alkyl halides is 3. The minimum Gasteiger partial charge on any atom is -0.493 e. The summed E-state index contributed by atoms with van der Waals surface area (Å²) in [5, 5.41) is 8.92. The Labute approximate surface area is 214 Å². The van der Waals surface area contributed by atoms with Gasteiger partial charge in [-0.25, -0.2) is 0 Å². The molecule has 0 spiro atoms. The van der Waals surface area contributed by atoms with Crippen LogP contribution in [0.25, 0.3) is 0 Å². The molecule has 3 rings (SSSR count). The summed E-state index contributed by atoms with van der Waals surface area (Å²) in [4.78, 5) is 10.9. The number of aliphatic carboxylic acids is 1. The van der Waals surface area contributed by atoms with E-state index < -0.39 is 17.7 Å². The second-order valence-corrected chi connectivity index (χ2v) is 8.77. The molecule has 0 bridgehead atoms. The van der Waals surface area contributed by atoms with Crippen molar-refractivity contribution in [3.05, 3.63) is 82.9 Å². The van der Waals surface area contributed by atoms with E-state index in [4.69, 9.17) is 19.3 Å². The van der Waals surface area contributed by atoms with E-state index in [1.807, 2.05) is 51.1 Å². The van der Waals surface area contributed by atoms with Gasteiger partial charge in [0.2, 0.25) is 0 Å². The summed E-state index contributed by atoms with van der Waals surface area (Å²) < 4.78 is 57.6. The molecule has 0 heterocycles. The van der Waals surface area contributed by atoms with Gasteiger partial charge in [0, 0.05) is 12.8 Å². The molecule has 1 N–H and O–H groups in total. The highest BCUT2D eigenvalue weighted by Gasteiger charge is 2.32. The van der Waals surface area contributed by atoms with Crippen molar-refractivity contribution in [1.82, 2.24) is 0 Å². The van der Waals surface area contributed by atoms with E-state index in [2.05, 4.69) is 0 Å². The third-order valence-electron chi connectivity index (χ3n) is 5.87. The topological polar surface area (TPSA) is 65.0 Å². The Morgan fingerprint density at radius 1 is 0.973 bits per heavy atom. The number of benzene rings is 3. The standard InChI is InChI=1S/C29H31F3O5/c1-4-21-17-24(12-9-22(21)10-14-28(33)34)35-16-15-20(3)36-26-13-11-23(29(30,31)32)18-27(26)37-25-8-6-5-7-19(25)2/h5-9,11-13,17-18,20H,4,10,14-16H2,1-3H3,(H,33,34)/t20-/m1/s1. The fraction of sp³-hybridized carbons (Fsp3) is 0.345. The van der Waals surface area contributed by atoms with Gasteiger partial charge in [-0.1, -0.05) is 31.2 Å². The maximum Gasteiger partial charge on any atom is 0.416 e. The van der Waals surface area contributed by atoms with Gasteiger partial charge in [-0.05, 0) is 79.8 Å². The molecule has 5 nitrogen and oxygen atoms in total. The van der Waals surface area contributed by atoms with Gasteiger partial charge in [-0.3, -0.25) is 4.79 Å². The molecule has 0 saturated heterocycles. The molecule has 0 amide bonds. The van der Waals surface area contributed by atoms with Gasteiger partial charge >= 0.3 is 12.1 Å². The van der Waals surface area contributed by atoms with Gasteiger partial charge in [0.15, 0.2) is 11.5 Å². The number of para-hydroxylation sites is 1. The van der Waals surface area contributed by atoms with Crippen LogP contribution >= 0.6 is 0 Å². The van der Waals surface area contributed by atoms with E-state index in [1.54, 1.807) is 12.1 Å². The minimum atomic E-state index is -4.51. The maximum atomic E-state index is 13.3. The molecule has 0 aromatic heterocycles. The van der Waals surface area contributed by atoms with Crippen LogP contribution in [0.15, 0.2) is 60.7 Å². The van der Waals surface area contributed by atoms with Crippen molar-refractivity contribution in [2.45, 2.75) is 58.7 Å². The zero-order valence-corrected chi connectivity index (χ0v) is 21.1. The number of halogens is 3. The first-order valence-electron chi connectivity index (χ1n) is 12.1. The maximum absolute atomic E-state index is 13.3. The van der Waals surface area contributed by atoms with Crippen LogP contribution < -0.4 is 14.2 Å². The lowest BCUT2D eigenvalue weighted by Gasteiger charge is -2.20. The first-order valence-corrected chi connectivity index (χ1v) is 12.1. The van der Waals surface area contributed by atoms with Crippen LogP contribution in [0.4, 0.5) is 13.2 Å². The van der Waals surface area contributed by atoms with Gasteiger partial charge < -0.3 is 19.3 Å². The number of carbonyl (C=O) groups is 1. The number of carboxylic acids is 1. The molecule has 0 aliphatic carbocycles. The van der Waals surface area contributed by atoms with Crippen LogP contribution in [0.5, 0.6) is 23.0 Å². The molecule has 8 heteroatoms. The Kier molecular flexibility index (Phi) is 9.44. The van der Waals surface area contributed by atoms with Gasteiger partial charge in [0.25, 0.3) is 0 Å². The number of rotatable bonds is 12. The average Bonchev–Trinajstić information content (AvgIpc) is 2.84. The molecule has 198 valence electrons. The van der Waals surface area contributed by atoms with Crippen molar-refractivity contribution >= 4 is 5.97 Å². The van der Waals surface area contributed by atoms with Crippen LogP contribution in [0.3, 0.4) is 0 Å². The van der Waals surface area contributed by atoms with Crippen molar-refractivity contribution in [3.63, 3.8) is 0 Å². The number of carboxylic acid groups (broad SMARTS) is 1. The zero-order chi connectivity index (χ0) is 27.0. The Bertz CT molecular complexity index is 1210. The lowest BCUT2D eigenvalue weighted by Crippen LogP contribution is -2.16. The Balaban J connectivity index is 1.65. The molecule has 37 heavy (non-hydrogen) atoms. The molecule has 3 aromatic rings. The molecule has 0 saturated carbocycles. The number of hydrogen-bond donors (Lipinski definition) is 1. The van der Waals surface area contributed by atoms with Crippen molar-refractivity contribution < 1.29 is 37.3 Å². The summed E-state index contributed by atoms with van der Waals surface area (Å²) in [5.41, 5.74) is 1.98. The van der Waals surface area contributed by atoms with E-state index in [1.165, 1.54) is 6.07 Å². The first-order chi connectivity index (χ1) is 17.6. The van der Waals surface area contributed by atoms with E-state index in [9.17, 15) is 18.0 Å². The number of hydrogen-bond acceptors (Lipinski definition) is 4. The second-order valence-electron chi connectivity index (χ2n) is 8.77. The Hall–Kier alpha value is -3.68. The van der Waals surface area contributed by atoms with Crippen molar-refractivity contribution in [1.29, 1.82) is 0 Å². The van der Waals surface area contributed by atoms with Gasteiger partial charge in [0.05, 0.1) is 18.3 Å². The van der Waals surface area contributed by atoms with E-state index >= 15 is 0 Å². The predicted molar refractivity (Wildman–Crippen MR) is 135 cm³/mol. The van der Waals surface area contributed by atoms with Crippen molar-refractivity contribution in [2.24, 2.45) is 0 Å². The summed E-state index contributed by atoms with van der Waals surface area (Å²) in [6.07, 6.45) is -3.11. The number of aryl methyl sites for hydroxylation is 3. The largest absolute Gasteiger partial charge is 0.493 e. The lowest BCUT2D eigenvalue weighted by molar-refractivity contribution is -0.138. The van der Waals surface area contributed by atoms with Crippen LogP contribution in [-0.4, -0.2) is 23.8 Å². The van der Waals surface area contributed by atoms with Gasteiger partial charge in [-0.2, -0.15) is 13.2 Å². The molecule has 0 fully saturated rings. The van der Waals surface area contributed by atoms with Crippen LogP contribution in [0, 0.1) is 6.92 Å². The smallest absolute Gasteiger partial charge is 0.416 e. The summed E-state index contributed by atoms with van der Waals surface area (Å²) in [6.45, 7) is 5.95. The normalized spacial score (nSPS) is 12.2. The third-order valence-corrected chi connectivity index (χ3v) is 5.87. The zero-order valence-electron chi connectivity index (χ0n) is 21.1. The summed E-state index contributed by atoms with van der Waals surface area (Å²) in [7, 11) is 0. The fourth-order valence-corrected chi connectivity index (χ4v) is 3.78. The van der Waals surface area contributed by atoms with E-state index in [0.29, 0.717) is 30.9 Å². The highest BCUT2D eigenvalue weighted by Crippen LogP contribution is 2.39. The van der Waals surface area contributed by atoms with E-state index in [-0.39, 0.29) is 24.0 Å². The molecular weight excluding hydrogens is 485 g/mol. The summed E-state index contributed by atoms with van der Waals surface area (Å²) >= 11 is 0. The minimum absolute atomic E-state index is 0.0126. The quantitative estimate of drug-likeness (QED) is 0.268. The van der Waals surface area contributed by atoms with E-state index in [0.717, 1.165) is 35.2 Å². The van der Waals surface area contributed by atoms with Crippen LogP contribution in [0.2, 0.25) is 0 Å².